The third-order valence-corrected chi connectivity index (χ3v) is 6.81. The molecule has 0 aromatic heterocycles. The molecule has 20 heavy (non-hydrogen) atoms. The van der Waals surface area contributed by atoms with Crippen LogP contribution in [0.4, 0.5) is 0 Å². The molecule has 2 saturated carbocycles. The molecule has 0 amide bonds. The van der Waals surface area contributed by atoms with Crippen LogP contribution in [-0.2, 0) is 0 Å². The first-order valence-electron chi connectivity index (χ1n) is 8.95. The van der Waals surface area contributed by atoms with E-state index >= 15 is 0 Å². The van der Waals surface area contributed by atoms with Gasteiger partial charge in [-0.15, -0.1) is 0 Å². The number of hydrogen-bond acceptors (Lipinski definition) is 2. The Morgan fingerprint density at radius 2 is 1.70 bits per heavy atom. The number of rotatable bonds is 4. The molecule has 2 aliphatic carbocycles. The lowest BCUT2D eigenvalue weighted by Gasteiger charge is -2.52. The van der Waals surface area contributed by atoms with Crippen LogP contribution in [0.1, 0.15) is 72.1 Å². The molecule has 0 saturated heterocycles. The van der Waals surface area contributed by atoms with Crippen molar-refractivity contribution < 1.29 is 0 Å². The smallest absolute Gasteiger partial charge is 0.0334 e. The highest BCUT2D eigenvalue weighted by atomic mass is 15.2. The van der Waals surface area contributed by atoms with Crippen LogP contribution in [0.25, 0.3) is 0 Å². The standard InChI is InChI=1S/C18H36N2/c1-5-16-6-8-17(9-7-16)20(4)18(13-19)11-10-14(2)15(3)12-18/h14-17H,5-13,19H2,1-4H3. The Morgan fingerprint density at radius 1 is 1.05 bits per heavy atom. The van der Waals surface area contributed by atoms with Crippen LogP contribution in [-0.4, -0.2) is 30.1 Å². The first-order valence-corrected chi connectivity index (χ1v) is 8.95. The average molecular weight is 280 g/mol. The van der Waals surface area contributed by atoms with Crippen molar-refractivity contribution in [3.8, 4) is 0 Å². The van der Waals surface area contributed by atoms with E-state index in [4.69, 9.17) is 5.73 Å². The lowest BCUT2D eigenvalue weighted by Crippen LogP contribution is -2.59. The van der Waals surface area contributed by atoms with E-state index in [-0.39, 0.29) is 5.54 Å². The van der Waals surface area contributed by atoms with Crippen molar-refractivity contribution in [2.24, 2.45) is 23.5 Å². The van der Waals surface area contributed by atoms with Gasteiger partial charge in [0.05, 0.1) is 0 Å². The molecular formula is C18H36N2. The van der Waals surface area contributed by atoms with Crippen LogP contribution < -0.4 is 5.73 Å². The van der Waals surface area contributed by atoms with Gasteiger partial charge in [0.25, 0.3) is 0 Å². The molecule has 2 aliphatic rings. The molecule has 2 heteroatoms. The summed E-state index contributed by atoms with van der Waals surface area (Å²) in [6.45, 7) is 8.03. The SMILES string of the molecule is CCC1CCC(N(C)C2(CN)CCC(C)C(C)C2)CC1. The van der Waals surface area contributed by atoms with Crippen molar-refractivity contribution >= 4 is 0 Å². The van der Waals surface area contributed by atoms with Gasteiger partial charge in [-0.3, -0.25) is 4.90 Å². The maximum absolute atomic E-state index is 6.27. The van der Waals surface area contributed by atoms with Crippen molar-refractivity contribution in [3.05, 3.63) is 0 Å². The van der Waals surface area contributed by atoms with Crippen molar-refractivity contribution in [2.75, 3.05) is 13.6 Å². The fourth-order valence-corrected chi connectivity index (χ4v) is 4.66. The highest BCUT2D eigenvalue weighted by Gasteiger charge is 2.42. The maximum atomic E-state index is 6.27. The zero-order valence-electron chi connectivity index (χ0n) is 14.2. The Balaban J connectivity index is 2.00. The highest BCUT2D eigenvalue weighted by molar-refractivity contribution is 4.99. The Morgan fingerprint density at radius 3 is 2.20 bits per heavy atom. The summed E-state index contributed by atoms with van der Waals surface area (Å²) in [5.74, 6) is 2.68. The second kappa shape index (κ2) is 6.79. The first kappa shape index (κ1) is 16.3. The Labute approximate surface area is 126 Å². The Kier molecular flexibility index (Phi) is 5.53. The minimum Gasteiger partial charge on any atom is -0.329 e. The average Bonchev–Trinajstić information content (AvgIpc) is 2.49. The van der Waals surface area contributed by atoms with Gasteiger partial charge in [0, 0.05) is 18.1 Å². The molecule has 2 fully saturated rings. The summed E-state index contributed by atoms with van der Waals surface area (Å²) < 4.78 is 0. The second-order valence-corrected chi connectivity index (χ2v) is 7.82. The van der Waals surface area contributed by atoms with Gasteiger partial charge in [0.2, 0.25) is 0 Å². The molecule has 0 aliphatic heterocycles. The molecular weight excluding hydrogens is 244 g/mol. The third kappa shape index (κ3) is 3.22. The van der Waals surface area contributed by atoms with E-state index in [1.54, 1.807) is 0 Å². The van der Waals surface area contributed by atoms with Crippen molar-refractivity contribution in [2.45, 2.75) is 83.7 Å². The molecule has 0 aromatic rings. The molecule has 118 valence electrons. The number of hydrogen-bond donors (Lipinski definition) is 1. The summed E-state index contributed by atoms with van der Waals surface area (Å²) in [6, 6.07) is 0.780. The Bertz CT molecular complexity index is 296. The van der Waals surface area contributed by atoms with E-state index in [1.807, 2.05) is 0 Å². The van der Waals surface area contributed by atoms with E-state index in [9.17, 15) is 0 Å². The van der Waals surface area contributed by atoms with Gasteiger partial charge >= 0.3 is 0 Å². The minimum atomic E-state index is 0.287. The fourth-order valence-electron chi connectivity index (χ4n) is 4.66. The third-order valence-electron chi connectivity index (χ3n) is 6.81. The molecule has 0 radical (unpaired) electrons. The fraction of sp³-hybridized carbons (Fsp3) is 1.00. The molecule has 2 N–H and O–H groups in total. The van der Waals surface area contributed by atoms with Gasteiger partial charge in [-0.2, -0.15) is 0 Å². The summed E-state index contributed by atoms with van der Waals surface area (Å²) in [4.78, 5) is 2.71. The van der Waals surface area contributed by atoms with Gasteiger partial charge in [-0.05, 0) is 69.7 Å². The largest absolute Gasteiger partial charge is 0.329 e. The maximum Gasteiger partial charge on any atom is 0.0334 e. The molecule has 2 nitrogen and oxygen atoms in total. The lowest BCUT2D eigenvalue weighted by atomic mass is 9.69. The van der Waals surface area contributed by atoms with Crippen LogP contribution in [0, 0.1) is 17.8 Å². The zero-order valence-corrected chi connectivity index (χ0v) is 14.2. The molecule has 0 bridgehead atoms. The van der Waals surface area contributed by atoms with E-state index in [0.29, 0.717) is 0 Å². The van der Waals surface area contributed by atoms with Crippen LogP contribution in [0.3, 0.4) is 0 Å². The quantitative estimate of drug-likeness (QED) is 0.842. The van der Waals surface area contributed by atoms with Gasteiger partial charge in [-0.1, -0.05) is 27.2 Å². The van der Waals surface area contributed by atoms with E-state index in [2.05, 4.69) is 32.7 Å². The van der Waals surface area contributed by atoms with Crippen LogP contribution >= 0.6 is 0 Å². The first-order chi connectivity index (χ1) is 9.52. The lowest BCUT2D eigenvalue weighted by molar-refractivity contribution is -0.00444. The van der Waals surface area contributed by atoms with Crippen molar-refractivity contribution in [3.63, 3.8) is 0 Å². The Hall–Kier alpha value is -0.0800. The summed E-state index contributed by atoms with van der Waals surface area (Å²) in [7, 11) is 2.37. The zero-order chi connectivity index (χ0) is 14.8. The topological polar surface area (TPSA) is 29.3 Å². The summed E-state index contributed by atoms with van der Waals surface area (Å²) >= 11 is 0. The summed E-state index contributed by atoms with van der Waals surface area (Å²) in [6.07, 6.45) is 11.0. The second-order valence-electron chi connectivity index (χ2n) is 7.82. The van der Waals surface area contributed by atoms with Crippen LogP contribution in [0.2, 0.25) is 0 Å². The summed E-state index contributed by atoms with van der Waals surface area (Å²) in [5, 5.41) is 0. The van der Waals surface area contributed by atoms with Crippen LogP contribution in [0.5, 0.6) is 0 Å². The normalized spacial score (nSPS) is 42.9. The number of nitrogens with two attached hydrogens (primary N) is 1. The van der Waals surface area contributed by atoms with E-state index in [0.717, 1.165) is 30.3 Å². The molecule has 0 heterocycles. The minimum absolute atomic E-state index is 0.287. The molecule has 0 aromatic carbocycles. The molecule has 2 rings (SSSR count). The van der Waals surface area contributed by atoms with Gasteiger partial charge in [0.15, 0.2) is 0 Å². The number of nitrogens with zero attached hydrogens (tertiary/aromatic N) is 1. The van der Waals surface area contributed by atoms with Crippen molar-refractivity contribution in [1.82, 2.24) is 4.90 Å². The van der Waals surface area contributed by atoms with E-state index < -0.39 is 0 Å². The predicted octanol–water partition coefficient (Wildman–Crippen LogP) is 4.04. The monoisotopic (exact) mass is 280 g/mol. The molecule has 3 atom stereocenters. The van der Waals surface area contributed by atoms with Crippen molar-refractivity contribution in [1.29, 1.82) is 0 Å². The van der Waals surface area contributed by atoms with Crippen LogP contribution in [0.15, 0.2) is 0 Å². The van der Waals surface area contributed by atoms with Gasteiger partial charge < -0.3 is 5.73 Å². The number of likely N-dealkylation sites (N-methyl/N-ethyl adjacent to an activating group) is 1. The predicted molar refractivity (Wildman–Crippen MR) is 87.8 cm³/mol. The van der Waals surface area contributed by atoms with Gasteiger partial charge in [0.1, 0.15) is 0 Å². The van der Waals surface area contributed by atoms with E-state index in [1.165, 1.54) is 51.4 Å². The molecule has 3 unspecified atom stereocenters. The highest BCUT2D eigenvalue weighted by Crippen LogP contribution is 2.41. The van der Waals surface area contributed by atoms with Gasteiger partial charge in [-0.25, -0.2) is 0 Å². The summed E-state index contributed by atoms with van der Waals surface area (Å²) in [5.41, 5.74) is 6.55. The molecule has 0 spiro atoms.